The van der Waals surface area contributed by atoms with Gasteiger partial charge in [0.05, 0.1) is 0 Å². The predicted octanol–water partition coefficient (Wildman–Crippen LogP) is 5.38. The van der Waals surface area contributed by atoms with Crippen LogP contribution >= 0.6 is 0 Å². The Labute approximate surface area is 153 Å². The van der Waals surface area contributed by atoms with Crippen LogP contribution in [0, 0.1) is 33.9 Å². The molecule has 0 spiro atoms. The maximum absolute atomic E-state index is 3.25. The van der Waals surface area contributed by atoms with Gasteiger partial charge in [0.1, 0.15) is 0 Å². The van der Waals surface area contributed by atoms with E-state index in [4.69, 9.17) is 0 Å². The van der Waals surface area contributed by atoms with Crippen molar-refractivity contribution in [2.45, 2.75) is 33.6 Å². The van der Waals surface area contributed by atoms with Crippen molar-refractivity contribution in [1.29, 1.82) is 0 Å². The van der Waals surface area contributed by atoms with Crippen LogP contribution in [0.5, 0.6) is 0 Å². The number of rotatable bonds is 1. The fraction of sp³-hybridized carbons (Fsp3) is 0.294. The number of hydrogen-bond acceptors (Lipinski definition) is 0. The summed E-state index contributed by atoms with van der Waals surface area (Å²) in [6.45, 7) is 20.0. The van der Waals surface area contributed by atoms with Crippen LogP contribution in [0.1, 0.15) is 39.2 Å². The average molecular weight is 449 g/mol. The number of allylic oxidation sites excluding steroid dienone is 4. The Morgan fingerprint density at radius 3 is 1.60 bits per heavy atom. The second-order valence-electron chi connectivity index (χ2n) is 2.35. The van der Waals surface area contributed by atoms with E-state index in [2.05, 4.69) is 63.2 Å². The molecule has 0 amide bonds. The van der Waals surface area contributed by atoms with E-state index in [0.29, 0.717) is 5.92 Å². The number of H-pyrrole nitrogens is 1. The van der Waals surface area contributed by atoms with Gasteiger partial charge in [-0.2, -0.15) is 40.0 Å². The largest absolute Gasteiger partial charge is 5.00 e. The van der Waals surface area contributed by atoms with Crippen LogP contribution in [0.15, 0.2) is 36.6 Å². The molecule has 1 aromatic heterocycles. The van der Waals surface area contributed by atoms with Gasteiger partial charge in [-0.25, -0.2) is 0 Å². The first kappa shape index (κ1) is 32.1. The van der Waals surface area contributed by atoms with Crippen molar-refractivity contribution in [3.05, 3.63) is 76.0 Å². The normalized spacial score (nSPS) is 9.60. The predicted molar refractivity (Wildman–Crippen MR) is 84.8 cm³/mol. The molecular weight excluding hydrogens is 420 g/mol. The van der Waals surface area contributed by atoms with Crippen LogP contribution in [-0.2, 0) is 39.0 Å². The molecule has 0 unspecified atom stereocenters. The Balaban J connectivity index is -0.0000000661. The number of nitrogens with one attached hydrogen (secondary N) is 1. The summed E-state index contributed by atoms with van der Waals surface area (Å²) in [4.78, 5) is 2.91. The van der Waals surface area contributed by atoms with Crippen molar-refractivity contribution in [2.75, 3.05) is 0 Å². The first-order chi connectivity index (χ1) is 8.97. The van der Waals surface area contributed by atoms with Gasteiger partial charge in [-0.1, -0.05) is 24.3 Å². The third kappa shape index (κ3) is 16.1. The summed E-state index contributed by atoms with van der Waals surface area (Å²) >= 11 is 0. The molecule has 0 fully saturated rings. The molecule has 1 N–H and O–H groups in total. The second kappa shape index (κ2) is 31.4. The monoisotopic (exact) mass is 450 g/mol. The van der Waals surface area contributed by atoms with Crippen molar-refractivity contribution in [3.8, 4) is 0 Å². The van der Waals surface area contributed by atoms with Gasteiger partial charge < -0.3 is 32.7 Å². The number of aromatic amines is 1. The van der Waals surface area contributed by atoms with E-state index in [9.17, 15) is 0 Å². The number of aromatic nitrogens is 1. The molecule has 1 heterocycles. The zero-order valence-electron chi connectivity index (χ0n) is 13.1. The summed E-state index contributed by atoms with van der Waals surface area (Å²) in [5, 5.41) is 0. The van der Waals surface area contributed by atoms with Gasteiger partial charge in [0.25, 0.3) is 0 Å². The van der Waals surface area contributed by atoms with Crippen LogP contribution in [0.2, 0.25) is 0 Å². The van der Waals surface area contributed by atoms with Crippen molar-refractivity contribution in [3.63, 3.8) is 0 Å². The summed E-state index contributed by atoms with van der Waals surface area (Å²) < 4.78 is 0. The van der Waals surface area contributed by atoms with E-state index in [1.165, 1.54) is 5.56 Å². The van der Waals surface area contributed by atoms with Crippen LogP contribution in [-0.4, -0.2) is 4.98 Å². The molecule has 0 atom stereocenters. The van der Waals surface area contributed by atoms with Gasteiger partial charge in [-0.15, -0.1) is 11.8 Å². The van der Waals surface area contributed by atoms with E-state index in [1.54, 1.807) is 27.7 Å². The van der Waals surface area contributed by atoms with Crippen molar-refractivity contribution >= 4 is 0 Å². The first-order valence-electron chi connectivity index (χ1n) is 6.19. The minimum atomic E-state index is 0. The number of hydrogen-bond donors (Lipinski definition) is 1. The summed E-state index contributed by atoms with van der Waals surface area (Å²) in [6, 6.07) is 2.05. The summed E-state index contributed by atoms with van der Waals surface area (Å²) in [5.41, 5.74) is 1.21. The van der Waals surface area contributed by atoms with Crippen LogP contribution in [0.25, 0.3) is 0 Å². The zero-order valence-corrected chi connectivity index (χ0v) is 16.6. The maximum Gasteiger partial charge on any atom is 5.00 e. The van der Waals surface area contributed by atoms with E-state index < -0.39 is 0 Å². The molecule has 20 heavy (non-hydrogen) atoms. The Morgan fingerprint density at radius 1 is 0.900 bits per heavy atom. The molecule has 1 aliphatic rings. The van der Waals surface area contributed by atoms with Crippen LogP contribution in [0.4, 0.5) is 0 Å². The van der Waals surface area contributed by atoms with Crippen molar-refractivity contribution in [1.82, 2.24) is 4.98 Å². The van der Waals surface area contributed by atoms with E-state index >= 15 is 0 Å². The molecule has 0 aliphatic heterocycles. The van der Waals surface area contributed by atoms with Crippen molar-refractivity contribution in [2.24, 2.45) is 0 Å². The third-order valence-electron chi connectivity index (χ3n) is 1.67. The minimum Gasteiger partial charge on any atom is -0.484 e. The van der Waals surface area contributed by atoms with Crippen molar-refractivity contribution < 1.29 is 39.0 Å². The maximum atomic E-state index is 3.25. The van der Waals surface area contributed by atoms with Gasteiger partial charge >= 0.3 is 19.5 Å². The molecule has 2 rings (SSSR count). The molecule has 0 saturated heterocycles. The molecule has 1 radical (unpaired) electrons. The molecule has 1 nitrogen and oxygen atoms in total. The van der Waals surface area contributed by atoms with Gasteiger partial charge in [0.15, 0.2) is 0 Å². The summed E-state index contributed by atoms with van der Waals surface area (Å²) in [6.07, 6.45) is 13.4. The molecule has 117 valence electrons. The van der Waals surface area contributed by atoms with Gasteiger partial charge in [-0.3, -0.25) is 0 Å². The average Bonchev–Trinajstić information content (AvgIpc) is 3.20. The third-order valence-corrected chi connectivity index (χ3v) is 1.67. The Kier molecular flexibility index (Phi) is 50.4. The molecule has 1 aliphatic carbocycles. The second-order valence-corrected chi connectivity index (χ2v) is 2.35. The Morgan fingerprint density at radius 2 is 1.30 bits per heavy atom. The van der Waals surface area contributed by atoms with E-state index in [0.717, 1.165) is 0 Å². The van der Waals surface area contributed by atoms with E-state index in [1.807, 2.05) is 12.3 Å². The molecular formula is C17H28NRu2. The van der Waals surface area contributed by atoms with E-state index in [-0.39, 0.29) is 39.0 Å². The minimum absolute atomic E-state index is 0. The molecule has 1 aromatic rings. The Bertz CT molecular complexity index is 253. The fourth-order valence-electron chi connectivity index (χ4n) is 1.13. The van der Waals surface area contributed by atoms with Gasteiger partial charge in [0.2, 0.25) is 0 Å². The molecule has 0 bridgehead atoms. The summed E-state index contributed by atoms with van der Waals surface area (Å²) in [7, 11) is 0. The summed E-state index contributed by atoms with van der Waals surface area (Å²) in [5.74, 6) is 0.450. The van der Waals surface area contributed by atoms with Gasteiger partial charge in [0, 0.05) is 19.5 Å². The van der Waals surface area contributed by atoms with Crippen LogP contribution in [0.3, 0.4) is 0 Å². The molecule has 3 heteroatoms. The standard InChI is InChI=1S/C9H8N.4C2H5.2Ru/c1-2-4-8(3-1)9-5-6-10-7-9;4*1-2;;/h1-6,8,10H;4*1H2,2H3;;/q5*-1;;+5. The molecule has 0 saturated carbocycles. The quantitative estimate of drug-likeness (QED) is 0.439. The SMILES string of the molecule is [CH2-]C.[CH2-]C.[CH2-]C.[CH2-]C.[Ru+5].[Ru].[c-]1[nH]ccc1C1C=CC=C1. The first-order valence-corrected chi connectivity index (χ1v) is 6.19. The van der Waals surface area contributed by atoms with Crippen LogP contribution < -0.4 is 0 Å². The zero-order chi connectivity index (χ0) is 14.8. The fourth-order valence-corrected chi connectivity index (χ4v) is 1.13. The topological polar surface area (TPSA) is 15.8 Å². The Hall–Kier alpha value is 0.00675. The molecule has 0 aromatic carbocycles. The van der Waals surface area contributed by atoms with Gasteiger partial charge in [-0.05, 0) is 5.92 Å². The smallest absolute Gasteiger partial charge is 0.484 e.